The molecule has 57 heavy (non-hydrogen) atoms. The Morgan fingerprint density at radius 1 is 0.544 bits per heavy atom. The van der Waals surface area contributed by atoms with E-state index in [0.29, 0.717) is 11.3 Å². The molecule has 0 unspecified atom stereocenters. The number of esters is 4. The number of hydrogen-bond donors (Lipinski definition) is 4. The molecule has 2 atom stereocenters. The van der Waals surface area contributed by atoms with Crippen LogP contribution in [-0.4, -0.2) is 79.1 Å². The van der Waals surface area contributed by atoms with E-state index < -0.39 is 59.8 Å². The maximum absolute atomic E-state index is 13.5. The van der Waals surface area contributed by atoms with Crippen LogP contribution in [0.2, 0.25) is 0 Å². The van der Waals surface area contributed by atoms with E-state index in [1.165, 1.54) is 50.6 Å². The number of hydrogen-bond acceptors (Lipinski definition) is 14. The number of amides is 3. The van der Waals surface area contributed by atoms with E-state index in [1.54, 1.807) is 24.3 Å². The van der Waals surface area contributed by atoms with Crippen LogP contribution in [0.4, 0.5) is 5.69 Å². The van der Waals surface area contributed by atoms with Crippen LogP contribution in [-0.2, 0) is 28.7 Å². The summed E-state index contributed by atoms with van der Waals surface area (Å²) in [7, 11) is 2.41. The fraction of sp³-hybridized carbons (Fsp3) is 0.179. The summed E-state index contributed by atoms with van der Waals surface area (Å²) in [5.74, 6) is -9.15. The Balaban J connectivity index is 1.56. The van der Waals surface area contributed by atoms with Crippen molar-refractivity contribution in [3.63, 3.8) is 0 Å². The number of methoxy groups -OCH3 is 2. The Hall–Kier alpha value is -7.76. The summed E-state index contributed by atoms with van der Waals surface area (Å²) in [6.07, 6.45) is -4.99. The smallest absolute Gasteiger partial charge is 0.349 e. The highest BCUT2D eigenvalue weighted by molar-refractivity contribution is 6.05. The maximum Gasteiger partial charge on any atom is 0.349 e. The van der Waals surface area contributed by atoms with Crippen molar-refractivity contribution in [3.05, 3.63) is 113 Å². The third-order valence-corrected chi connectivity index (χ3v) is 7.57. The Morgan fingerprint density at radius 2 is 0.982 bits per heavy atom. The third-order valence-electron chi connectivity index (χ3n) is 7.57. The molecule has 0 aliphatic carbocycles. The number of carboxylic acids is 1. The minimum Gasteiger partial charge on any atom is -0.493 e. The van der Waals surface area contributed by atoms with E-state index >= 15 is 0 Å². The first-order valence-corrected chi connectivity index (χ1v) is 16.6. The number of anilines is 1. The van der Waals surface area contributed by atoms with Crippen molar-refractivity contribution >= 4 is 53.3 Å². The fourth-order valence-corrected chi connectivity index (χ4v) is 4.80. The predicted molar refractivity (Wildman–Crippen MR) is 196 cm³/mol. The minimum absolute atomic E-state index is 0.0236. The van der Waals surface area contributed by atoms with Crippen LogP contribution in [0.25, 0.3) is 0 Å². The van der Waals surface area contributed by atoms with E-state index in [1.807, 2.05) is 12.3 Å². The normalized spacial score (nSPS) is 11.4. The number of carbonyl (C=O) groups is 8. The monoisotopic (exact) mass is 785 g/mol. The second-order valence-electron chi connectivity index (χ2n) is 11.7. The minimum atomic E-state index is -2.53. The zero-order valence-corrected chi connectivity index (χ0v) is 30.9. The van der Waals surface area contributed by atoms with Gasteiger partial charge in [0.25, 0.3) is 17.7 Å². The number of aliphatic carboxylic acids is 1. The second kappa shape index (κ2) is 19.0. The van der Waals surface area contributed by atoms with E-state index in [0.717, 1.165) is 43.7 Å². The highest BCUT2D eigenvalue weighted by atomic mass is 16.6. The Morgan fingerprint density at radius 3 is 1.44 bits per heavy atom. The van der Waals surface area contributed by atoms with Crippen LogP contribution in [0.1, 0.15) is 60.8 Å². The largest absolute Gasteiger partial charge is 0.493 e. The molecule has 4 N–H and O–H groups in total. The summed E-state index contributed by atoms with van der Waals surface area (Å²) in [5, 5.41) is 12.8. The molecular formula is C39H35N3O15. The molecule has 0 saturated carbocycles. The number of benzene rings is 4. The van der Waals surface area contributed by atoms with Gasteiger partial charge in [0.05, 0.1) is 25.3 Å². The molecule has 0 aliphatic heterocycles. The lowest BCUT2D eigenvalue weighted by Crippen LogP contribution is -2.54. The summed E-state index contributed by atoms with van der Waals surface area (Å²) in [6.45, 7) is 4.13. The SMILES string of the molecule is COc1cc(C(=O)O[C@H](C(=O)NNC(=O)c2ccc(NC(=O)c3ccc(C)cc3)cc2)[C@@H](OC(=O)c2ccc(OC(C)=O)c(OC)c2)C(=O)O)ccc1OC(C)=O. The summed E-state index contributed by atoms with van der Waals surface area (Å²) in [4.78, 5) is 101. The Bertz CT molecular complexity index is 2200. The van der Waals surface area contributed by atoms with Crippen LogP contribution in [0.3, 0.4) is 0 Å². The maximum atomic E-state index is 13.5. The van der Waals surface area contributed by atoms with Crippen molar-refractivity contribution in [1.82, 2.24) is 10.9 Å². The fourth-order valence-electron chi connectivity index (χ4n) is 4.80. The van der Waals surface area contributed by atoms with Crippen LogP contribution in [0, 0.1) is 6.92 Å². The molecule has 4 rings (SSSR count). The molecule has 4 aromatic rings. The van der Waals surface area contributed by atoms with Crippen LogP contribution in [0.5, 0.6) is 23.0 Å². The van der Waals surface area contributed by atoms with Crippen molar-refractivity contribution < 1.29 is 71.9 Å². The Kier molecular flexibility index (Phi) is 14.0. The molecule has 0 radical (unpaired) electrons. The van der Waals surface area contributed by atoms with Crippen LogP contribution >= 0.6 is 0 Å². The molecule has 0 aliphatic rings. The standard InChI is InChI=1S/C39H35N3O15/c1-20-6-8-23(9-7-20)34(45)40-27-14-10-24(11-15-27)35(46)41-42-36(47)32(56-38(50)25-12-16-28(54-21(2)43)30(18-25)52-4)33(37(48)49)57-39(51)26-13-17-29(55-22(3)44)31(19-26)53-5/h6-19,32-33H,1-5H3,(H,40,45)(H,41,46)(H,42,47)(H,48,49)/t32-,33+/m0/s1. The predicted octanol–water partition coefficient (Wildman–Crippen LogP) is 3.41. The summed E-state index contributed by atoms with van der Waals surface area (Å²) < 4.78 is 30.7. The molecule has 3 amide bonds. The number of hydrazine groups is 1. The highest BCUT2D eigenvalue weighted by Crippen LogP contribution is 2.30. The number of carbonyl (C=O) groups excluding carboxylic acids is 7. The van der Waals surface area contributed by atoms with E-state index in [9.17, 15) is 43.5 Å². The quantitative estimate of drug-likeness (QED) is 0.0813. The van der Waals surface area contributed by atoms with Gasteiger partial charge in [-0.2, -0.15) is 0 Å². The number of rotatable bonds is 14. The molecule has 18 nitrogen and oxygen atoms in total. The molecule has 0 saturated heterocycles. The van der Waals surface area contributed by atoms with Gasteiger partial charge in [-0.15, -0.1) is 0 Å². The molecule has 296 valence electrons. The van der Waals surface area contributed by atoms with E-state index in [2.05, 4.69) is 10.7 Å². The average Bonchev–Trinajstić information content (AvgIpc) is 3.18. The van der Waals surface area contributed by atoms with Gasteiger partial charge in [0.1, 0.15) is 0 Å². The van der Waals surface area contributed by atoms with Crippen LogP contribution in [0.15, 0.2) is 84.9 Å². The summed E-state index contributed by atoms with van der Waals surface area (Å²) in [5.41, 5.74) is 5.08. The molecule has 0 heterocycles. The molecule has 4 aromatic carbocycles. The van der Waals surface area contributed by atoms with E-state index in [-0.39, 0.29) is 39.7 Å². The van der Waals surface area contributed by atoms with Crippen molar-refractivity contribution in [2.45, 2.75) is 33.0 Å². The van der Waals surface area contributed by atoms with Gasteiger partial charge in [-0.05, 0) is 79.7 Å². The topological polar surface area (TPSA) is 248 Å². The first-order valence-electron chi connectivity index (χ1n) is 16.6. The summed E-state index contributed by atoms with van der Waals surface area (Å²) in [6, 6.07) is 19.0. The van der Waals surface area contributed by atoms with Gasteiger partial charge in [-0.3, -0.25) is 34.8 Å². The van der Waals surface area contributed by atoms with Gasteiger partial charge < -0.3 is 38.8 Å². The zero-order valence-electron chi connectivity index (χ0n) is 30.9. The molecule has 0 fully saturated rings. The number of aryl methyl sites for hydroxylation is 1. The lowest BCUT2D eigenvalue weighted by atomic mass is 10.1. The Labute approximate surface area is 323 Å². The van der Waals surface area contributed by atoms with Gasteiger partial charge in [0.15, 0.2) is 23.0 Å². The first-order chi connectivity index (χ1) is 27.1. The van der Waals surface area contributed by atoms with Gasteiger partial charge >= 0.3 is 29.8 Å². The molecule has 18 heteroatoms. The summed E-state index contributed by atoms with van der Waals surface area (Å²) >= 11 is 0. The second-order valence-corrected chi connectivity index (χ2v) is 11.7. The number of ether oxygens (including phenoxy) is 6. The lowest BCUT2D eigenvalue weighted by Gasteiger charge is -2.24. The van der Waals surface area contributed by atoms with Crippen molar-refractivity contribution in [1.29, 1.82) is 0 Å². The van der Waals surface area contributed by atoms with E-state index in [4.69, 9.17) is 28.4 Å². The highest BCUT2D eigenvalue weighted by Gasteiger charge is 2.41. The number of carboxylic acid groups (broad SMARTS) is 1. The molecule has 0 bridgehead atoms. The molecule has 0 spiro atoms. The van der Waals surface area contributed by atoms with Gasteiger partial charge in [-0.25, -0.2) is 14.4 Å². The van der Waals surface area contributed by atoms with Crippen molar-refractivity contribution in [2.75, 3.05) is 19.5 Å². The van der Waals surface area contributed by atoms with Crippen molar-refractivity contribution in [3.8, 4) is 23.0 Å². The van der Waals surface area contributed by atoms with Gasteiger partial charge in [0.2, 0.25) is 12.2 Å². The number of nitrogens with one attached hydrogen (secondary N) is 3. The zero-order chi connectivity index (χ0) is 41.8. The lowest BCUT2D eigenvalue weighted by molar-refractivity contribution is -0.159. The van der Waals surface area contributed by atoms with Gasteiger partial charge in [-0.1, -0.05) is 17.7 Å². The molecular weight excluding hydrogens is 750 g/mol. The third kappa shape index (κ3) is 11.4. The van der Waals surface area contributed by atoms with Gasteiger partial charge in [0, 0.05) is 30.7 Å². The average molecular weight is 786 g/mol. The van der Waals surface area contributed by atoms with Crippen molar-refractivity contribution in [2.24, 2.45) is 0 Å². The molecule has 0 aromatic heterocycles. The first kappa shape index (κ1) is 42.0. The van der Waals surface area contributed by atoms with Crippen LogP contribution < -0.4 is 35.1 Å².